The van der Waals surface area contributed by atoms with Gasteiger partial charge in [-0.05, 0) is 31.0 Å². The number of halogens is 1. The van der Waals surface area contributed by atoms with E-state index >= 15 is 0 Å². The molecule has 0 radical (unpaired) electrons. The van der Waals surface area contributed by atoms with Crippen molar-refractivity contribution in [1.82, 2.24) is 4.72 Å². The second-order valence-electron chi connectivity index (χ2n) is 3.78. The molecule has 0 heterocycles. The molecule has 0 aliphatic carbocycles. The van der Waals surface area contributed by atoms with Gasteiger partial charge < -0.3 is 10.5 Å². The lowest BCUT2D eigenvalue weighted by molar-refractivity contribution is 0.193. The van der Waals surface area contributed by atoms with Crippen LogP contribution in [0.15, 0.2) is 23.1 Å². The predicted octanol–water partition coefficient (Wildman–Crippen LogP) is 1.11. The first-order valence-corrected chi connectivity index (χ1v) is 6.99. The maximum Gasteiger partial charge on any atom is 0.240 e. The highest BCUT2D eigenvalue weighted by Gasteiger charge is 2.14. The van der Waals surface area contributed by atoms with Crippen molar-refractivity contribution in [3.63, 3.8) is 0 Å². The largest absolute Gasteiger partial charge is 0.396 e. The van der Waals surface area contributed by atoms with E-state index in [1.807, 2.05) is 0 Å². The molecule has 1 aromatic rings. The molecule has 1 aromatic carbocycles. The van der Waals surface area contributed by atoms with Crippen molar-refractivity contribution < 1.29 is 17.5 Å². The molecule has 0 aliphatic rings. The average Bonchev–Trinajstić information content (AvgIpc) is 2.32. The van der Waals surface area contributed by atoms with E-state index in [0.717, 1.165) is 12.5 Å². The Morgan fingerprint density at radius 1 is 1.39 bits per heavy atom. The van der Waals surface area contributed by atoms with Crippen LogP contribution < -0.4 is 10.5 Å². The van der Waals surface area contributed by atoms with Crippen LogP contribution in [0.5, 0.6) is 0 Å². The van der Waals surface area contributed by atoms with E-state index in [0.29, 0.717) is 13.0 Å². The Hall–Kier alpha value is -1.18. The number of hydrogen-bond donors (Lipinski definition) is 2. The van der Waals surface area contributed by atoms with Gasteiger partial charge in [0.15, 0.2) is 0 Å². The van der Waals surface area contributed by atoms with Gasteiger partial charge >= 0.3 is 0 Å². The number of anilines is 1. The van der Waals surface area contributed by atoms with Gasteiger partial charge in [-0.3, -0.25) is 0 Å². The minimum Gasteiger partial charge on any atom is -0.396 e. The second kappa shape index (κ2) is 6.67. The van der Waals surface area contributed by atoms with Crippen molar-refractivity contribution in [2.45, 2.75) is 17.7 Å². The summed E-state index contributed by atoms with van der Waals surface area (Å²) >= 11 is 0. The number of ether oxygens (including phenoxy) is 1. The normalized spacial score (nSPS) is 11.7. The second-order valence-corrected chi connectivity index (χ2v) is 5.55. The van der Waals surface area contributed by atoms with Crippen LogP contribution in [0, 0.1) is 5.82 Å². The van der Waals surface area contributed by atoms with Gasteiger partial charge in [-0.1, -0.05) is 0 Å². The van der Waals surface area contributed by atoms with Gasteiger partial charge in [-0.15, -0.1) is 0 Å². The molecule has 18 heavy (non-hydrogen) atoms. The van der Waals surface area contributed by atoms with Crippen LogP contribution in [0.25, 0.3) is 0 Å². The molecule has 1 rings (SSSR count). The summed E-state index contributed by atoms with van der Waals surface area (Å²) in [5, 5.41) is 0. The Morgan fingerprint density at radius 2 is 2.11 bits per heavy atom. The summed E-state index contributed by atoms with van der Waals surface area (Å²) in [6.07, 6.45) is 1.42. The number of hydrogen-bond acceptors (Lipinski definition) is 4. The molecule has 0 atom stereocenters. The Balaban J connectivity index is 2.60. The van der Waals surface area contributed by atoms with Crippen molar-refractivity contribution in [2.24, 2.45) is 0 Å². The first-order chi connectivity index (χ1) is 8.47. The zero-order chi connectivity index (χ0) is 13.6. The first-order valence-electron chi connectivity index (χ1n) is 5.51. The lowest BCUT2D eigenvalue weighted by atomic mass is 10.3. The van der Waals surface area contributed by atoms with Crippen molar-refractivity contribution >= 4 is 15.7 Å². The summed E-state index contributed by atoms with van der Waals surface area (Å²) in [7, 11) is -2.09. The zero-order valence-electron chi connectivity index (χ0n) is 10.1. The molecule has 0 saturated heterocycles. The molecular weight excluding hydrogens is 259 g/mol. The quantitative estimate of drug-likeness (QED) is 0.577. The fourth-order valence-electron chi connectivity index (χ4n) is 1.34. The molecule has 0 aliphatic heterocycles. The smallest absolute Gasteiger partial charge is 0.240 e. The van der Waals surface area contributed by atoms with E-state index < -0.39 is 15.8 Å². The maximum absolute atomic E-state index is 13.2. The van der Waals surface area contributed by atoms with Crippen molar-refractivity contribution in [1.29, 1.82) is 0 Å². The zero-order valence-corrected chi connectivity index (χ0v) is 11.0. The molecule has 3 N–H and O–H groups in total. The van der Waals surface area contributed by atoms with E-state index in [1.165, 1.54) is 12.1 Å². The van der Waals surface area contributed by atoms with Gasteiger partial charge in [0.25, 0.3) is 0 Å². The molecular formula is C11H17FN2O3S. The van der Waals surface area contributed by atoms with Gasteiger partial charge in [0.1, 0.15) is 5.82 Å². The third kappa shape index (κ3) is 4.25. The number of nitrogen functional groups attached to an aromatic ring is 1. The summed E-state index contributed by atoms with van der Waals surface area (Å²) in [5.74, 6) is -0.739. The van der Waals surface area contributed by atoms with Crippen LogP contribution in [0.1, 0.15) is 12.8 Å². The highest BCUT2D eigenvalue weighted by Crippen LogP contribution is 2.15. The van der Waals surface area contributed by atoms with Gasteiger partial charge in [0, 0.05) is 20.3 Å². The number of nitrogens with one attached hydrogen (secondary N) is 1. The number of nitrogens with two attached hydrogens (primary N) is 1. The van der Waals surface area contributed by atoms with Crippen LogP contribution in [0.2, 0.25) is 0 Å². The highest BCUT2D eigenvalue weighted by molar-refractivity contribution is 7.89. The van der Waals surface area contributed by atoms with Gasteiger partial charge in [-0.2, -0.15) is 0 Å². The maximum atomic E-state index is 13.2. The van der Waals surface area contributed by atoms with Crippen molar-refractivity contribution in [2.75, 3.05) is 26.0 Å². The SMILES string of the molecule is COCCCCNS(=O)(=O)c1ccc(N)c(F)c1. The number of methoxy groups -OCH3 is 1. The molecule has 0 unspecified atom stereocenters. The van der Waals surface area contributed by atoms with E-state index in [2.05, 4.69) is 4.72 Å². The first kappa shape index (κ1) is 14.9. The Morgan fingerprint density at radius 3 is 2.72 bits per heavy atom. The molecule has 0 spiro atoms. The number of benzene rings is 1. The molecule has 0 aromatic heterocycles. The lowest BCUT2D eigenvalue weighted by Gasteiger charge is -2.07. The minimum absolute atomic E-state index is 0.0750. The number of rotatable bonds is 7. The molecule has 0 bridgehead atoms. The van der Waals surface area contributed by atoms with E-state index in [9.17, 15) is 12.8 Å². The van der Waals surface area contributed by atoms with Gasteiger partial charge in [-0.25, -0.2) is 17.5 Å². The molecule has 0 saturated carbocycles. The summed E-state index contributed by atoms with van der Waals surface area (Å²) in [5.41, 5.74) is 5.21. The average molecular weight is 276 g/mol. The highest BCUT2D eigenvalue weighted by atomic mass is 32.2. The molecule has 102 valence electrons. The van der Waals surface area contributed by atoms with Crippen LogP contribution in [-0.4, -0.2) is 28.7 Å². The summed E-state index contributed by atoms with van der Waals surface area (Å²) in [4.78, 5) is -0.124. The minimum atomic E-state index is -3.67. The fraction of sp³-hybridized carbons (Fsp3) is 0.455. The van der Waals surface area contributed by atoms with Crippen molar-refractivity contribution in [3.05, 3.63) is 24.0 Å². The number of unbranched alkanes of at least 4 members (excludes halogenated alkanes) is 1. The van der Waals surface area contributed by atoms with Gasteiger partial charge in [0.05, 0.1) is 10.6 Å². The van der Waals surface area contributed by atoms with Crippen LogP contribution in [0.4, 0.5) is 10.1 Å². The van der Waals surface area contributed by atoms with Crippen LogP contribution in [0.3, 0.4) is 0 Å². The third-order valence-corrected chi connectivity index (χ3v) is 3.81. The Kier molecular flexibility index (Phi) is 5.52. The van der Waals surface area contributed by atoms with E-state index in [-0.39, 0.29) is 17.1 Å². The predicted molar refractivity (Wildman–Crippen MR) is 67.1 cm³/mol. The summed E-state index contributed by atoms with van der Waals surface area (Å²) in [6.45, 7) is 0.871. The molecule has 5 nitrogen and oxygen atoms in total. The Labute approximate surface area is 106 Å². The standard InChI is InChI=1S/C11H17FN2O3S/c1-17-7-3-2-6-14-18(15,16)9-4-5-11(13)10(12)8-9/h4-5,8,14H,2-3,6-7,13H2,1H3. The molecule has 0 fully saturated rings. The van der Waals surface area contributed by atoms with Crippen LogP contribution in [-0.2, 0) is 14.8 Å². The van der Waals surface area contributed by atoms with Gasteiger partial charge in [0.2, 0.25) is 10.0 Å². The van der Waals surface area contributed by atoms with E-state index in [1.54, 1.807) is 7.11 Å². The summed E-state index contributed by atoms with van der Waals surface area (Å²) < 4.78 is 44.0. The Bertz CT molecular complexity index is 491. The van der Waals surface area contributed by atoms with E-state index in [4.69, 9.17) is 10.5 Å². The molecule has 7 heteroatoms. The number of sulfonamides is 1. The fourth-order valence-corrected chi connectivity index (χ4v) is 2.42. The molecule has 0 amide bonds. The third-order valence-electron chi connectivity index (χ3n) is 2.35. The monoisotopic (exact) mass is 276 g/mol. The summed E-state index contributed by atoms with van der Waals surface area (Å²) in [6, 6.07) is 3.41. The van der Waals surface area contributed by atoms with Crippen LogP contribution >= 0.6 is 0 Å². The van der Waals surface area contributed by atoms with Crippen molar-refractivity contribution in [3.8, 4) is 0 Å². The lowest BCUT2D eigenvalue weighted by Crippen LogP contribution is -2.25. The topological polar surface area (TPSA) is 81.4 Å².